The molecule has 1 atom stereocenters. The molecule has 1 unspecified atom stereocenters. The van der Waals surface area contributed by atoms with Gasteiger partial charge in [0, 0.05) is 18.7 Å². The van der Waals surface area contributed by atoms with E-state index in [9.17, 15) is 4.79 Å². The smallest absolute Gasteiger partial charge is 0.253 e. The molecule has 1 aliphatic carbocycles. The summed E-state index contributed by atoms with van der Waals surface area (Å²) in [5, 5.41) is 0. The van der Waals surface area contributed by atoms with Crippen molar-refractivity contribution in [3.63, 3.8) is 0 Å². The lowest BCUT2D eigenvalue weighted by atomic mass is 9.94. The Kier molecular flexibility index (Phi) is 5.79. The number of para-hydroxylation sites is 2. The lowest BCUT2D eigenvalue weighted by molar-refractivity contribution is 0.0696. The summed E-state index contributed by atoms with van der Waals surface area (Å²) in [7, 11) is 1.95. The molecule has 4 rings (SSSR count). The van der Waals surface area contributed by atoms with Crippen LogP contribution in [0.5, 0.6) is 0 Å². The van der Waals surface area contributed by atoms with E-state index in [2.05, 4.69) is 34.3 Å². The molecule has 1 aromatic heterocycles. The van der Waals surface area contributed by atoms with E-state index >= 15 is 0 Å². The number of hydrogen-bond donors (Lipinski definition) is 0. The summed E-state index contributed by atoms with van der Waals surface area (Å²) in [5.74, 6) is 0.122. The summed E-state index contributed by atoms with van der Waals surface area (Å²) < 4.78 is 2.20. The van der Waals surface area contributed by atoms with Crippen LogP contribution >= 0.6 is 0 Å². The van der Waals surface area contributed by atoms with Crippen LogP contribution in [0, 0.1) is 0 Å². The van der Waals surface area contributed by atoms with Crippen LogP contribution in [0.25, 0.3) is 11.0 Å². The minimum atomic E-state index is 0.111. The summed E-state index contributed by atoms with van der Waals surface area (Å²) in [4.78, 5) is 19.4. The zero-order valence-corrected chi connectivity index (χ0v) is 17.1. The zero-order valence-electron chi connectivity index (χ0n) is 17.1. The van der Waals surface area contributed by atoms with E-state index < -0.39 is 0 Å². The van der Waals surface area contributed by atoms with Gasteiger partial charge in [0.05, 0.1) is 23.4 Å². The van der Waals surface area contributed by atoms with E-state index in [1.165, 1.54) is 19.3 Å². The molecular formula is C25H29N3O. The molecule has 0 N–H and O–H groups in total. The first-order valence-electron chi connectivity index (χ1n) is 10.6. The first-order chi connectivity index (χ1) is 14.2. The molecule has 4 nitrogen and oxygen atoms in total. The number of fused-ring (bicyclic) bond motifs is 1. The van der Waals surface area contributed by atoms with Crippen LogP contribution in [0.15, 0.2) is 67.5 Å². The highest BCUT2D eigenvalue weighted by Gasteiger charge is 2.23. The Labute approximate surface area is 172 Å². The summed E-state index contributed by atoms with van der Waals surface area (Å²) in [6.45, 7) is 3.94. The summed E-state index contributed by atoms with van der Waals surface area (Å²) in [6.07, 6.45) is 10.6. The van der Waals surface area contributed by atoms with Crippen LogP contribution in [0.3, 0.4) is 0 Å². The third-order valence-electron chi connectivity index (χ3n) is 6.19. The van der Waals surface area contributed by atoms with Gasteiger partial charge in [-0.25, -0.2) is 4.98 Å². The largest absolute Gasteiger partial charge is 0.339 e. The predicted octanol–water partition coefficient (Wildman–Crippen LogP) is 5.61. The lowest BCUT2D eigenvalue weighted by Gasteiger charge is -2.31. The average molecular weight is 388 g/mol. The standard InChI is InChI=1S/C25H29N3O/c1-3-9-23(28-18-26-22-12-7-8-13-24(22)28)19-14-16-20(17-15-19)25(29)27(2)21-10-5-4-6-11-21/h3,7-8,12-18,21,23H,1,4-6,9-11H2,2H3. The molecule has 150 valence electrons. The molecule has 1 fully saturated rings. The molecule has 0 aliphatic heterocycles. The van der Waals surface area contributed by atoms with E-state index in [0.717, 1.165) is 41.4 Å². The van der Waals surface area contributed by atoms with Crippen molar-refractivity contribution in [1.29, 1.82) is 0 Å². The van der Waals surface area contributed by atoms with Crippen molar-refractivity contribution in [2.75, 3.05) is 7.05 Å². The third kappa shape index (κ3) is 3.98. The zero-order chi connectivity index (χ0) is 20.2. The van der Waals surface area contributed by atoms with Crippen molar-refractivity contribution in [2.24, 2.45) is 0 Å². The van der Waals surface area contributed by atoms with Crippen molar-refractivity contribution in [1.82, 2.24) is 14.5 Å². The Morgan fingerprint density at radius 3 is 2.62 bits per heavy atom. The number of amides is 1. The van der Waals surface area contributed by atoms with Gasteiger partial charge in [-0.05, 0) is 49.1 Å². The Bertz CT molecular complexity index is 983. The van der Waals surface area contributed by atoms with E-state index in [0.29, 0.717) is 6.04 Å². The lowest BCUT2D eigenvalue weighted by Crippen LogP contribution is -2.38. The second kappa shape index (κ2) is 8.64. The van der Waals surface area contributed by atoms with E-state index in [1.807, 2.05) is 54.7 Å². The minimum Gasteiger partial charge on any atom is -0.339 e. The Morgan fingerprint density at radius 2 is 1.90 bits per heavy atom. The van der Waals surface area contributed by atoms with Crippen LogP contribution in [0.1, 0.15) is 60.5 Å². The number of aromatic nitrogens is 2. The van der Waals surface area contributed by atoms with E-state index in [-0.39, 0.29) is 11.9 Å². The van der Waals surface area contributed by atoms with Gasteiger partial charge in [0.1, 0.15) is 0 Å². The molecule has 1 amide bonds. The monoisotopic (exact) mass is 387 g/mol. The maximum atomic E-state index is 12.9. The maximum absolute atomic E-state index is 12.9. The predicted molar refractivity (Wildman–Crippen MR) is 118 cm³/mol. The van der Waals surface area contributed by atoms with Gasteiger partial charge in [0.2, 0.25) is 0 Å². The Balaban J connectivity index is 1.57. The minimum absolute atomic E-state index is 0.111. The fraction of sp³-hybridized carbons (Fsp3) is 0.360. The van der Waals surface area contributed by atoms with Crippen LogP contribution in [-0.4, -0.2) is 33.4 Å². The van der Waals surface area contributed by atoms with Gasteiger partial charge in [0.25, 0.3) is 5.91 Å². The van der Waals surface area contributed by atoms with Crippen molar-refractivity contribution >= 4 is 16.9 Å². The normalized spacial score (nSPS) is 15.9. The molecule has 29 heavy (non-hydrogen) atoms. The molecule has 1 aliphatic rings. The van der Waals surface area contributed by atoms with Crippen LogP contribution in [0.4, 0.5) is 0 Å². The van der Waals surface area contributed by atoms with Crippen molar-refractivity contribution < 1.29 is 4.79 Å². The summed E-state index contributed by atoms with van der Waals surface area (Å²) in [5.41, 5.74) is 4.01. The first kappa shape index (κ1) is 19.4. The number of rotatable bonds is 6. The SMILES string of the molecule is C=CCC(c1ccc(C(=O)N(C)C2CCCCC2)cc1)n1cnc2ccccc21. The quantitative estimate of drug-likeness (QED) is 0.516. The van der Waals surface area contributed by atoms with Crippen molar-refractivity contribution in [2.45, 2.75) is 50.6 Å². The number of imidazole rings is 1. The molecule has 2 aromatic carbocycles. The second-order valence-corrected chi connectivity index (χ2v) is 8.01. The van der Waals surface area contributed by atoms with Gasteiger partial charge in [-0.2, -0.15) is 0 Å². The van der Waals surface area contributed by atoms with Gasteiger partial charge in [-0.3, -0.25) is 4.79 Å². The molecule has 0 spiro atoms. The van der Waals surface area contributed by atoms with Gasteiger partial charge in [-0.1, -0.05) is 49.6 Å². The Morgan fingerprint density at radius 1 is 1.17 bits per heavy atom. The highest BCUT2D eigenvalue weighted by atomic mass is 16.2. The van der Waals surface area contributed by atoms with Crippen molar-refractivity contribution in [3.8, 4) is 0 Å². The molecule has 0 radical (unpaired) electrons. The molecule has 3 aromatic rings. The number of carbonyl (C=O) groups excluding carboxylic acids is 1. The highest BCUT2D eigenvalue weighted by Crippen LogP contribution is 2.28. The van der Waals surface area contributed by atoms with Gasteiger partial charge >= 0.3 is 0 Å². The summed E-state index contributed by atoms with van der Waals surface area (Å²) in [6, 6.07) is 16.7. The van der Waals surface area contributed by atoms with Crippen LogP contribution in [0.2, 0.25) is 0 Å². The fourth-order valence-electron chi connectivity index (χ4n) is 4.48. The van der Waals surface area contributed by atoms with Gasteiger partial charge in [0.15, 0.2) is 0 Å². The molecular weight excluding hydrogens is 358 g/mol. The second-order valence-electron chi connectivity index (χ2n) is 8.01. The molecule has 0 saturated heterocycles. The topological polar surface area (TPSA) is 38.1 Å². The highest BCUT2D eigenvalue weighted by molar-refractivity contribution is 5.94. The number of allylic oxidation sites excluding steroid dienone is 1. The molecule has 4 heteroatoms. The number of benzene rings is 2. The summed E-state index contributed by atoms with van der Waals surface area (Å²) >= 11 is 0. The average Bonchev–Trinajstić information content (AvgIpc) is 3.21. The fourth-order valence-corrected chi connectivity index (χ4v) is 4.48. The number of hydrogen-bond acceptors (Lipinski definition) is 2. The third-order valence-corrected chi connectivity index (χ3v) is 6.19. The van der Waals surface area contributed by atoms with E-state index in [4.69, 9.17) is 0 Å². The Hall–Kier alpha value is -2.88. The number of nitrogens with zero attached hydrogens (tertiary/aromatic N) is 3. The number of carbonyl (C=O) groups is 1. The van der Waals surface area contributed by atoms with Gasteiger partial charge < -0.3 is 9.47 Å². The van der Waals surface area contributed by atoms with Crippen LogP contribution in [-0.2, 0) is 0 Å². The van der Waals surface area contributed by atoms with E-state index in [1.54, 1.807) is 0 Å². The van der Waals surface area contributed by atoms with Gasteiger partial charge in [-0.15, -0.1) is 6.58 Å². The molecule has 1 saturated carbocycles. The van der Waals surface area contributed by atoms with Crippen LogP contribution < -0.4 is 0 Å². The maximum Gasteiger partial charge on any atom is 0.253 e. The molecule has 1 heterocycles. The molecule has 0 bridgehead atoms. The van der Waals surface area contributed by atoms with Crippen molar-refractivity contribution in [3.05, 3.63) is 78.6 Å². The first-order valence-corrected chi connectivity index (χ1v) is 10.6.